The van der Waals surface area contributed by atoms with E-state index in [2.05, 4.69) is 33.8 Å². The first kappa shape index (κ1) is 30.6. The topological polar surface area (TPSA) is 70.3 Å². The Morgan fingerprint density at radius 3 is 2.41 bits per heavy atom. The summed E-state index contributed by atoms with van der Waals surface area (Å²) in [5, 5.41) is 21.0. The van der Waals surface area contributed by atoms with Crippen molar-refractivity contribution in [1.29, 1.82) is 5.26 Å². The van der Waals surface area contributed by atoms with Crippen molar-refractivity contribution in [2.24, 2.45) is 52.3 Å². The minimum Gasteiger partial charge on any atom is -0.457 e. The summed E-state index contributed by atoms with van der Waals surface area (Å²) in [7, 11) is 0. The third-order valence-corrected chi connectivity index (χ3v) is 13.5. The number of esters is 1. The first-order valence-electron chi connectivity index (χ1n) is 17.0. The van der Waals surface area contributed by atoms with E-state index in [-0.39, 0.29) is 18.0 Å². The van der Waals surface area contributed by atoms with E-state index >= 15 is 0 Å². The lowest BCUT2D eigenvalue weighted by Gasteiger charge is -2.62. The van der Waals surface area contributed by atoms with Crippen molar-refractivity contribution in [2.75, 3.05) is 0 Å². The molecule has 4 fully saturated rings. The van der Waals surface area contributed by atoms with Crippen molar-refractivity contribution in [3.63, 3.8) is 0 Å². The number of ether oxygens (including phenoxy) is 1. The highest BCUT2D eigenvalue weighted by Gasteiger charge is 2.61. The zero-order chi connectivity index (χ0) is 29.4. The molecule has 1 N–H and O–H groups in total. The molecular weight excluding hydrogens is 506 g/mol. The maximum atomic E-state index is 12.9. The number of hydrogen-bond acceptors (Lipinski definition) is 4. The molecule has 4 heteroatoms. The first-order chi connectivity index (χ1) is 19.6. The molecule has 1 aromatic rings. The maximum absolute atomic E-state index is 12.9. The van der Waals surface area contributed by atoms with E-state index in [1.807, 2.05) is 25.1 Å². The van der Waals surface area contributed by atoms with Crippen LogP contribution in [0.4, 0.5) is 0 Å². The average Bonchev–Trinajstić information content (AvgIpc) is 3.34. The molecule has 4 aliphatic carbocycles. The van der Waals surface area contributed by atoms with Gasteiger partial charge in [-0.05, 0) is 142 Å². The van der Waals surface area contributed by atoms with Crippen LogP contribution in [0.2, 0.25) is 0 Å². The van der Waals surface area contributed by atoms with E-state index in [9.17, 15) is 15.2 Å². The Hall–Kier alpha value is -1.86. The molecule has 0 bridgehead atoms. The molecule has 0 aromatic heterocycles. The fourth-order valence-corrected chi connectivity index (χ4v) is 10.8. The van der Waals surface area contributed by atoms with Crippen LogP contribution in [0.15, 0.2) is 30.3 Å². The summed E-state index contributed by atoms with van der Waals surface area (Å²) in [6, 6.07) is 11.6. The summed E-state index contributed by atoms with van der Waals surface area (Å²) < 4.78 is 6.00. The summed E-state index contributed by atoms with van der Waals surface area (Å²) in [6.07, 6.45) is 14.2. The van der Waals surface area contributed by atoms with Gasteiger partial charge < -0.3 is 9.84 Å². The minimum absolute atomic E-state index is 0.269. The standard InChI is InChI=1S/C37H55NO3/c1-6-26(24-38)33(41-34(39)27-11-9-8-10-12-27)18-13-25(3)30-16-17-31-29-15-14-28-23-37(40,7-2)22-21-35(28,4)32(29)19-20-36(30,31)5/h8-12,25-26,28-33,40H,6-7,13-23H2,1-5H3/t25-,26-,28+,29+,30-,31+,32+,33+,35+,36-,37+/m1/s1. The van der Waals surface area contributed by atoms with E-state index in [4.69, 9.17) is 4.74 Å². The maximum Gasteiger partial charge on any atom is 0.338 e. The molecule has 4 saturated carbocycles. The monoisotopic (exact) mass is 561 g/mol. The van der Waals surface area contributed by atoms with Crippen LogP contribution in [0, 0.1) is 63.6 Å². The second-order valence-electron chi connectivity index (χ2n) is 15.2. The lowest BCUT2D eigenvalue weighted by atomic mass is 9.43. The largest absolute Gasteiger partial charge is 0.457 e. The van der Waals surface area contributed by atoms with Gasteiger partial charge in [0.15, 0.2) is 0 Å². The molecule has 0 radical (unpaired) electrons. The number of nitriles is 1. The zero-order valence-corrected chi connectivity index (χ0v) is 26.4. The van der Waals surface area contributed by atoms with Crippen LogP contribution in [0.1, 0.15) is 128 Å². The fraction of sp³-hybridized carbons (Fsp3) is 0.784. The number of benzene rings is 1. The van der Waals surface area contributed by atoms with Gasteiger partial charge in [-0.2, -0.15) is 5.26 Å². The number of nitrogens with zero attached hydrogens (tertiary/aromatic N) is 1. The number of carbonyl (C=O) groups is 1. The van der Waals surface area contributed by atoms with Crippen LogP contribution in [0.5, 0.6) is 0 Å². The molecule has 1 aromatic carbocycles. The number of hydrogen-bond donors (Lipinski definition) is 1. The molecular formula is C37H55NO3. The third-order valence-electron chi connectivity index (χ3n) is 13.5. The Labute approximate surface area is 249 Å². The Bertz CT molecular complexity index is 1100. The summed E-state index contributed by atoms with van der Waals surface area (Å²) >= 11 is 0. The van der Waals surface area contributed by atoms with Crippen LogP contribution in [-0.4, -0.2) is 22.8 Å². The van der Waals surface area contributed by atoms with Gasteiger partial charge in [0.2, 0.25) is 0 Å². The van der Waals surface area contributed by atoms with Gasteiger partial charge in [0.1, 0.15) is 6.10 Å². The number of carbonyl (C=O) groups excluding carboxylic acids is 1. The Kier molecular flexibility index (Phi) is 8.97. The second kappa shape index (κ2) is 12.0. The third kappa shape index (κ3) is 5.62. The quantitative estimate of drug-likeness (QED) is 0.305. The first-order valence-corrected chi connectivity index (χ1v) is 17.0. The smallest absolute Gasteiger partial charge is 0.338 e. The van der Waals surface area contributed by atoms with Crippen LogP contribution < -0.4 is 0 Å². The molecule has 4 nitrogen and oxygen atoms in total. The normalized spacial score (nSPS) is 40.3. The van der Waals surface area contributed by atoms with E-state index < -0.39 is 5.60 Å². The average molecular weight is 562 g/mol. The second-order valence-corrected chi connectivity index (χ2v) is 15.2. The highest BCUT2D eigenvalue weighted by atomic mass is 16.5. The SMILES string of the molecule is CC[C@H](C#N)[C@H](CC[C@@H](C)[C@H]1CC[C@H]2[C@@H]3CC[C@H]4C[C@](O)(CC)CC[C@]4(C)[C@H]3CC[C@]12C)OC(=O)c1ccccc1. The fourth-order valence-electron chi connectivity index (χ4n) is 10.8. The van der Waals surface area contributed by atoms with Gasteiger partial charge in [0, 0.05) is 0 Å². The molecule has 0 spiro atoms. The number of fused-ring (bicyclic) bond motifs is 5. The molecule has 0 aliphatic heterocycles. The van der Waals surface area contributed by atoms with Crippen LogP contribution in [0.3, 0.4) is 0 Å². The molecule has 11 atom stereocenters. The van der Waals surface area contributed by atoms with Gasteiger partial charge in [0.25, 0.3) is 0 Å². The van der Waals surface area contributed by atoms with Gasteiger partial charge in [-0.15, -0.1) is 0 Å². The highest BCUT2D eigenvalue weighted by molar-refractivity contribution is 5.89. The molecule has 0 unspecified atom stereocenters. The van der Waals surface area contributed by atoms with Crippen molar-refractivity contribution >= 4 is 5.97 Å². The Morgan fingerprint density at radius 2 is 1.73 bits per heavy atom. The molecule has 0 saturated heterocycles. The van der Waals surface area contributed by atoms with Gasteiger partial charge in [0.05, 0.1) is 23.2 Å². The lowest BCUT2D eigenvalue weighted by molar-refractivity contribution is -0.152. The van der Waals surface area contributed by atoms with Crippen molar-refractivity contribution in [3.05, 3.63) is 35.9 Å². The van der Waals surface area contributed by atoms with E-state index in [1.54, 1.807) is 12.1 Å². The minimum atomic E-state index is -0.427. The Morgan fingerprint density at radius 1 is 1.00 bits per heavy atom. The zero-order valence-electron chi connectivity index (χ0n) is 26.4. The highest BCUT2D eigenvalue weighted by Crippen LogP contribution is 2.69. The van der Waals surface area contributed by atoms with Crippen molar-refractivity contribution < 1.29 is 14.6 Å². The van der Waals surface area contributed by atoms with Gasteiger partial charge in [-0.25, -0.2) is 4.79 Å². The number of rotatable bonds is 9. The molecule has 4 aliphatic rings. The predicted octanol–water partition coefficient (Wildman–Crippen LogP) is 8.98. The lowest BCUT2D eigenvalue weighted by Crippen LogP contribution is -2.56. The van der Waals surface area contributed by atoms with Crippen molar-refractivity contribution in [3.8, 4) is 6.07 Å². The summed E-state index contributed by atoms with van der Waals surface area (Å²) in [4.78, 5) is 12.9. The predicted molar refractivity (Wildman–Crippen MR) is 164 cm³/mol. The van der Waals surface area contributed by atoms with Crippen LogP contribution >= 0.6 is 0 Å². The van der Waals surface area contributed by atoms with Gasteiger partial charge in [-0.1, -0.05) is 52.8 Å². The summed E-state index contributed by atoms with van der Waals surface area (Å²) in [5.41, 5.74) is 0.918. The molecule has 0 amide bonds. The molecule has 0 heterocycles. The number of aliphatic hydroxyl groups is 1. The van der Waals surface area contributed by atoms with Crippen LogP contribution in [0.25, 0.3) is 0 Å². The van der Waals surface area contributed by atoms with Crippen LogP contribution in [-0.2, 0) is 4.74 Å². The summed E-state index contributed by atoms with van der Waals surface area (Å²) in [5.74, 6) is 3.82. The van der Waals surface area contributed by atoms with E-state index in [0.717, 1.165) is 49.9 Å². The van der Waals surface area contributed by atoms with E-state index in [0.29, 0.717) is 40.6 Å². The van der Waals surface area contributed by atoms with Crippen molar-refractivity contribution in [2.45, 2.75) is 130 Å². The van der Waals surface area contributed by atoms with Gasteiger partial charge in [-0.3, -0.25) is 0 Å². The molecule has 226 valence electrons. The molecule has 41 heavy (non-hydrogen) atoms. The van der Waals surface area contributed by atoms with Gasteiger partial charge >= 0.3 is 5.97 Å². The molecule has 5 rings (SSSR count). The Balaban J connectivity index is 1.24. The summed E-state index contributed by atoms with van der Waals surface area (Å²) in [6.45, 7) is 11.8. The van der Waals surface area contributed by atoms with Crippen molar-refractivity contribution in [1.82, 2.24) is 0 Å². The van der Waals surface area contributed by atoms with E-state index in [1.165, 1.54) is 44.9 Å².